The van der Waals surface area contributed by atoms with Crippen molar-refractivity contribution < 1.29 is 4.39 Å². The van der Waals surface area contributed by atoms with Crippen LogP contribution in [0.3, 0.4) is 0 Å². The van der Waals surface area contributed by atoms with Gasteiger partial charge in [0.15, 0.2) is 17.4 Å². The first-order valence-corrected chi connectivity index (χ1v) is 9.44. The highest BCUT2D eigenvalue weighted by Crippen LogP contribution is 2.40. The third kappa shape index (κ3) is 2.77. The van der Waals surface area contributed by atoms with Crippen molar-refractivity contribution in [3.05, 3.63) is 65.5 Å². The molecule has 5 rings (SSSR count). The van der Waals surface area contributed by atoms with E-state index in [1.165, 1.54) is 6.20 Å². The van der Waals surface area contributed by atoms with E-state index in [1.54, 1.807) is 0 Å². The smallest absolute Gasteiger partial charge is 0.198 e. The number of nitrogens with zero attached hydrogens (tertiary/aromatic N) is 2. The van der Waals surface area contributed by atoms with Gasteiger partial charge in [-0.25, -0.2) is 9.38 Å². The first-order chi connectivity index (χ1) is 13.5. The van der Waals surface area contributed by atoms with Gasteiger partial charge in [0.2, 0.25) is 0 Å². The summed E-state index contributed by atoms with van der Waals surface area (Å²) in [5.41, 5.74) is 8.36. The van der Waals surface area contributed by atoms with Gasteiger partial charge in [-0.1, -0.05) is 12.1 Å². The normalized spacial score (nSPS) is 24.7. The van der Waals surface area contributed by atoms with Gasteiger partial charge in [0.05, 0.1) is 6.04 Å². The van der Waals surface area contributed by atoms with E-state index in [4.69, 9.17) is 10.7 Å². The molecule has 2 aliphatic rings. The Morgan fingerprint density at radius 1 is 1.32 bits per heavy atom. The molecule has 3 heterocycles. The zero-order valence-electron chi connectivity index (χ0n) is 15.5. The number of guanidine groups is 1. The van der Waals surface area contributed by atoms with Crippen molar-refractivity contribution >= 4 is 16.9 Å². The van der Waals surface area contributed by atoms with Gasteiger partial charge in [-0.3, -0.25) is 10.8 Å². The fourth-order valence-corrected chi connectivity index (χ4v) is 3.66. The van der Waals surface area contributed by atoms with Crippen LogP contribution in [0.4, 0.5) is 4.39 Å². The van der Waals surface area contributed by atoms with Crippen molar-refractivity contribution in [1.82, 2.24) is 25.8 Å². The molecule has 144 valence electrons. The number of aromatic nitrogens is 3. The molecule has 0 radical (unpaired) electrons. The number of rotatable bonds is 4. The largest absolute Gasteiger partial charge is 0.361 e. The lowest BCUT2D eigenvalue weighted by Crippen LogP contribution is -2.59. The summed E-state index contributed by atoms with van der Waals surface area (Å²) in [7, 11) is 0. The van der Waals surface area contributed by atoms with Crippen LogP contribution in [-0.4, -0.2) is 21.1 Å². The molecular weight excluding hydrogens is 357 g/mol. The van der Waals surface area contributed by atoms with Crippen LogP contribution in [0.15, 0.2) is 53.5 Å². The number of fused-ring (bicyclic) bond motifs is 1. The number of hydrogen-bond acceptors (Lipinski definition) is 3. The topological polar surface area (TPSA) is 107 Å². The minimum Gasteiger partial charge on any atom is -0.361 e. The second kappa shape index (κ2) is 6.20. The molecular formula is C20H22FN7. The molecule has 2 atom stereocenters. The molecule has 0 amide bonds. The Kier molecular flexibility index (Phi) is 3.77. The fourth-order valence-electron chi connectivity index (χ4n) is 3.66. The maximum atomic E-state index is 14.6. The third-order valence-electron chi connectivity index (χ3n) is 5.45. The van der Waals surface area contributed by atoms with E-state index in [2.05, 4.69) is 25.8 Å². The Morgan fingerprint density at radius 3 is 3.00 bits per heavy atom. The van der Waals surface area contributed by atoms with Gasteiger partial charge >= 0.3 is 0 Å². The minimum atomic E-state index is -1.55. The fraction of sp³-hybridized carbons (Fsp3) is 0.300. The Bertz CT molecular complexity index is 1090. The van der Waals surface area contributed by atoms with E-state index in [9.17, 15) is 4.39 Å². The quantitative estimate of drug-likeness (QED) is 0.480. The van der Waals surface area contributed by atoms with Crippen molar-refractivity contribution in [1.29, 1.82) is 0 Å². The summed E-state index contributed by atoms with van der Waals surface area (Å²) < 4.78 is 14.6. The molecule has 2 aromatic heterocycles. The van der Waals surface area contributed by atoms with Crippen molar-refractivity contribution in [3.8, 4) is 0 Å². The number of halogens is 1. The molecule has 1 unspecified atom stereocenters. The zero-order chi connectivity index (χ0) is 19.3. The zero-order valence-corrected chi connectivity index (χ0v) is 15.5. The minimum absolute atomic E-state index is 0.158. The number of nitrogens with two attached hydrogens (primary N) is 1. The first-order valence-electron chi connectivity index (χ1n) is 9.44. The summed E-state index contributed by atoms with van der Waals surface area (Å²) in [6.45, 7) is 1.99. The van der Waals surface area contributed by atoms with Crippen LogP contribution in [0, 0.1) is 0 Å². The molecule has 7 nitrogen and oxygen atoms in total. The predicted molar refractivity (Wildman–Crippen MR) is 106 cm³/mol. The molecule has 8 heteroatoms. The SMILES string of the molecule is C[C@H](N=C1NC=C(F)C(N)(c2cc(C3CC3)[nH]n2)N1)c1cccc2[nH]ccc12. The maximum Gasteiger partial charge on any atom is 0.198 e. The Labute approximate surface area is 161 Å². The molecule has 1 fully saturated rings. The van der Waals surface area contributed by atoms with E-state index < -0.39 is 11.5 Å². The molecule has 1 aliphatic carbocycles. The Hall–Kier alpha value is -3.13. The van der Waals surface area contributed by atoms with Gasteiger partial charge in [-0.05, 0) is 43.5 Å². The summed E-state index contributed by atoms with van der Waals surface area (Å²) in [5.74, 6) is 0.342. The Morgan fingerprint density at radius 2 is 2.18 bits per heavy atom. The van der Waals surface area contributed by atoms with Crippen LogP contribution >= 0.6 is 0 Å². The van der Waals surface area contributed by atoms with Crippen molar-refractivity contribution in [2.45, 2.75) is 37.4 Å². The molecule has 0 saturated heterocycles. The summed E-state index contributed by atoms with van der Waals surface area (Å²) in [4.78, 5) is 7.90. The summed E-state index contributed by atoms with van der Waals surface area (Å²) >= 11 is 0. The van der Waals surface area contributed by atoms with Gasteiger partial charge in [0.1, 0.15) is 5.69 Å². The standard InChI is InChI=1S/C20H22FN7/c1-11(13-3-2-4-15-14(13)7-8-23-15)25-19-24-10-17(21)20(22,26-19)18-9-16(27-28-18)12-5-6-12/h2-4,7-12,23H,5-6,22H2,1H3,(H,27,28)(H2,24,25,26)/t11-,20?/m0/s1. The maximum absolute atomic E-state index is 14.6. The summed E-state index contributed by atoms with van der Waals surface area (Å²) in [6, 6.07) is 9.75. The van der Waals surface area contributed by atoms with Crippen LogP contribution in [0.1, 0.15) is 48.7 Å². The number of nitrogens with one attached hydrogen (secondary N) is 4. The molecule has 1 aromatic carbocycles. The van der Waals surface area contributed by atoms with Crippen molar-refractivity contribution in [2.24, 2.45) is 10.7 Å². The number of hydrogen-bond donors (Lipinski definition) is 5. The second-order valence-corrected chi connectivity index (χ2v) is 7.49. The van der Waals surface area contributed by atoms with E-state index in [0.29, 0.717) is 17.6 Å². The van der Waals surface area contributed by atoms with Gasteiger partial charge in [-0.15, -0.1) is 0 Å². The van der Waals surface area contributed by atoms with Crippen LogP contribution in [0.2, 0.25) is 0 Å². The van der Waals surface area contributed by atoms with Crippen LogP contribution in [-0.2, 0) is 5.66 Å². The first kappa shape index (κ1) is 17.0. The lowest BCUT2D eigenvalue weighted by atomic mass is 10.0. The third-order valence-corrected chi connectivity index (χ3v) is 5.45. The highest BCUT2D eigenvalue weighted by atomic mass is 19.1. The molecule has 1 aliphatic heterocycles. The average Bonchev–Trinajstić information content (AvgIpc) is 3.21. The predicted octanol–water partition coefficient (Wildman–Crippen LogP) is 3.00. The highest BCUT2D eigenvalue weighted by Gasteiger charge is 2.40. The molecule has 0 spiro atoms. The van der Waals surface area contributed by atoms with Gasteiger partial charge in [0, 0.05) is 34.9 Å². The monoisotopic (exact) mass is 379 g/mol. The molecule has 0 bridgehead atoms. The number of aromatic amines is 2. The average molecular weight is 379 g/mol. The van der Waals surface area contributed by atoms with E-state index in [1.807, 2.05) is 43.5 Å². The number of H-pyrrole nitrogens is 2. The molecule has 1 saturated carbocycles. The lowest BCUT2D eigenvalue weighted by molar-refractivity contribution is 0.356. The lowest BCUT2D eigenvalue weighted by Gasteiger charge is -2.32. The van der Waals surface area contributed by atoms with Gasteiger partial charge in [-0.2, -0.15) is 5.10 Å². The van der Waals surface area contributed by atoms with Gasteiger partial charge in [0.25, 0.3) is 0 Å². The van der Waals surface area contributed by atoms with Crippen molar-refractivity contribution in [2.75, 3.05) is 0 Å². The van der Waals surface area contributed by atoms with E-state index in [0.717, 1.165) is 35.0 Å². The number of benzene rings is 1. The molecule has 28 heavy (non-hydrogen) atoms. The van der Waals surface area contributed by atoms with E-state index in [-0.39, 0.29) is 6.04 Å². The second-order valence-electron chi connectivity index (χ2n) is 7.49. The molecule has 3 aromatic rings. The summed E-state index contributed by atoms with van der Waals surface area (Å²) in [6.07, 6.45) is 5.40. The highest BCUT2D eigenvalue weighted by molar-refractivity contribution is 5.86. The Balaban J connectivity index is 1.45. The number of aliphatic imine (C=N–C) groups is 1. The van der Waals surface area contributed by atoms with Crippen LogP contribution < -0.4 is 16.4 Å². The van der Waals surface area contributed by atoms with Crippen LogP contribution in [0.25, 0.3) is 10.9 Å². The van der Waals surface area contributed by atoms with Gasteiger partial charge < -0.3 is 15.6 Å². The summed E-state index contributed by atoms with van der Waals surface area (Å²) in [5, 5.41) is 14.2. The van der Waals surface area contributed by atoms with E-state index >= 15 is 0 Å². The molecule has 6 N–H and O–H groups in total. The van der Waals surface area contributed by atoms with Crippen LogP contribution in [0.5, 0.6) is 0 Å². The van der Waals surface area contributed by atoms with Crippen molar-refractivity contribution in [3.63, 3.8) is 0 Å².